The zero-order chi connectivity index (χ0) is 19.4. The fraction of sp³-hybridized carbons (Fsp3) is 0.474. The summed E-state index contributed by atoms with van der Waals surface area (Å²) >= 11 is 0. The number of alkyl halides is 3. The summed E-state index contributed by atoms with van der Waals surface area (Å²) in [6, 6.07) is 5.13. The highest BCUT2D eigenvalue weighted by atomic mass is 19.4. The van der Waals surface area contributed by atoms with Gasteiger partial charge in [-0.3, -0.25) is 9.59 Å². The molecular formula is C19H23F3N2O2. The third-order valence-corrected chi connectivity index (χ3v) is 4.76. The number of rotatable bonds is 5. The van der Waals surface area contributed by atoms with Gasteiger partial charge >= 0.3 is 6.18 Å². The smallest absolute Gasteiger partial charge is 0.345 e. The number of nitrogens with one attached hydrogen (secondary N) is 1. The van der Waals surface area contributed by atoms with Gasteiger partial charge in [0.15, 0.2) is 0 Å². The largest absolute Gasteiger partial charge is 0.416 e. The van der Waals surface area contributed by atoms with Gasteiger partial charge < -0.3 is 10.2 Å². The van der Waals surface area contributed by atoms with Gasteiger partial charge in [-0.1, -0.05) is 38.0 Å². The van der Waals surface area contributed by atoms with E-state index in [0.29, 0.717) is 18.4 Å². The minimum atomic E-state index is -4.44. The quantitative estimate of drug-likeness (QED) is 0.807. The third kappa shape index (κ3) is 4.65. The Labute approximate surface area is 151 Å². The molecule has 0 bridgehead atoms. The molecule has 7 heteroatoms. The fourth-order valence-electron chi connectivity index (χ4n) is 3.39. The minimum Gasteiger partial charge on any atom is -0.345 e. The Morgan fingerprint density at radius 1 is 1.27 bits per heavy atom. The van der Waals surface area contributed by atoms with E-state index in [1.165, 1.54) is 18.0 Å². The Hall–Kier alpha value is -2.31. The highest BCUT2D eigenvalue weighted by Crippen LogP contribution is 2.39. The van der Waals surface area contributed by atoms with E-state index in [4.69, 9.17) is 0 Å². The molecule has 1 saturated carbocycles. The highest BCUT2D eigenvalue weighted by Gasteiger charge is 2.38. The molecule has 4 nitrogen and oxygen atoms in total. The molecule has 142 valence electrons. The first-order valence-electron chi connectivity index (χ1n) is 8.54. The van der Waals surface area contributed by atoms with Gasteiger partial charge in [0.25, 0.3) is 0 Å². The van der Waals surface area contributed by atoms with E-state index >= 15 is 0 Å². The summed E-state index contributed by atoms with van der Waals surface area (Å²) in [7, 11) is 1.47. The first-order valence-corrected chi connectivity index (χ1v) is 8.54. The number of carbonyl (C=O) groups is 2. The molecule has 0 unspecified atom stereocenters. The van der Waals surface area contributed by atoms with Crippen molar-refractivity contribution in [2.24, 2.45) is 0 Å². The van der Waals surface area contributed by atoms with Gasteiger partial charge in [0, 0.05) is 7.05 Å². The molecule has 2 amide bonds. The zero-order valence-electron chi connectivity index (χ0n) is 14.7. The minimum absolute atomic E-state index is 0.175. The lowest BCUT2D eigenvalue weighted by Crippen LogP contribution is -2.50. The third-order valence-electron chi connectivity index (χ3n) is 4.76. The Balaban J connectivity index is 2.27. The van der Waals surface area contributed by atoms with Crippen LogP contribution < -0.4 is 5.32 Å². The molecule has 1 fully saturated rings. The van der Waals surface area contributed by atoms with Crippen molar-refractivity contribution >= 4 is 11.8 Å². The van der Waals surface area contributed by atoms with Crippen LogP contribution in [-0.2, 0) is 21.3 Å². The van der Waals surface area contributed by atoms with E-state index in [2.05, 4.69) is 11.9 Å². The normalized spacial score (nSPS) is 16.6. The van der Waals surface area contributed by atoms with Crippen molar-refractivity contribution in [3.05, 3.63) is 48.0 Å². The van der Waals surface area contributed by atoms with Crippen molar-refractivity contribution in [2.45, 2.75) is 43.8 Å². The molecule has 1 aromatic carbocycles. The Bertz CT molecular complexity index is 680. The molecule has 1 N–H and O–H groups in total. The average molecular weight is 368 g/mol. The maximum absolute atomic E-state index is 13.1. The molecule has 0 atom stereocenters. The number of nitrogens with zero attached hydrogens (tertiary/aromatic N) is 1. The van der Waals surface area contributed by atoms with Crippen LogP contribution >= 0.6 is 0 Å². The van der Waals surface area contributed by atoms with Crippen LogP contribution in [0.5, 0.6) is 0 Å². The number of hydrogen-bond donors (Lipinski definition) is 1. The molecule has 0 aromatic heterocycles. The predicted molar refractivity (Wildman–Crippen MR) is 92.2 cm³/mol. The topological polar surface area (TPSA) is 49.4 Å². The van der Waals surface area contributed by atoms with Crippen molar-refractivity contribution in [2.75, 3.05) is 13.6 Å². The summed E-state index contributed by atoms with van der Waals surface area (Å²) in [4.78, 5) is 25.2. The number of benzene rings is 1. The first kappa shape index (κ1) is 20.0. The summed E-state index contributed by atoms with van der Waals surface area (Å²) < 4.78 is 39.2. The zero-order valence-corrected chi connectivity index (χ0v) is 14.7. The molecule has 0 radical (unpaired) electrons. The number of likely N-dealkylation sites (N-methyl/N-ethyl adjacent to an activating group) is 1. The first-order chi connectivity index (χ1) is 12.2. The summed E-state index contributed by atoms with van der Waals surface area (Å²) in [5.74, 6) is -0.793. The van der Waals surface area contributed by atoms with Gasteiger partial charge in [0.2, 0.25) is 11.8 Å². The second kappa shape index (κ2) is 7.93. The van der Waals surface area contributed by atoms with Crippen LogP contribution in [0.2, 0.25) is 0 Å². The van der Waals surface area contributed by atoms with Gasteiger partial charge in [0.1, 0.15) is 0 Å². The van der Waals surface area contributed by atoms with Crippen LogP contribution in [0.1, 0.15) is 43.2 Å². The van der Waals surface area contributed by atoms with Gasteiger partial charge in [-0.15, -0.1) is 0 Å². The molecular weight excluding hydrogens is 345 g/mol. The number of halogens is 3. The number of hydrogen-bond acceptors (Lipinski definition) is 2. The van der Waals surface area contributed by atoms with Crippen LogP contribution in [-0.4, -0.2) is 30.3 Å². The molecule has 1 aromatic rings. The summed E-state index contributed by atoms with van der Waals surface area (Å²) in [5.41, 5.74) is -1.11. The number of amides is 2. The second-order valence-electron chi connectivity index (χ2n) is 6.67. The van der Waals surface area contributed by atoms with Crippen molar-refractivity contribution in [3.63, 3.8) is 0 Å². The van der Waals surface area contributed by atoms with Gasteiger partial charge in [0.05, 0.1) is 17.6 Å². The van der Waals surface area contributed by atoms with E-state index in [-0.39, 0.29) is 6.54 Å². The van der Waals surface area contributed by atoms with E-state index in [1.807, 2.05) is 0 Å². The van der Waals surface area contributed by atoms with Crippen molar-refractivity contribution < 1.29 is 22.8 Å². The van der Waals surface area contributed by atoms with E-state index < -0.39 is 29.1 Å². The summed E-state index contributed by atoms with van der Waals surface area (Å²) in [6.45, 7) is 3.19. The fourth-order valence-corrected chi connectivity index (χ4v) is 3.39. The van der Waals surface area contributed by atoms with Gasteiger partial charge in [-0.2, -0.15) is 13.2 Å². The van der Waals surface area contributed by atoms with Gasteiger partial charge in [-0.05, 0) is 36.6 Å². The Morgan fingerprint density at radius 2 is 1.92 bits per heavy atom. The lowest BCUT2D eigenvalue weighted by molar-refractivity contribution is -0.137. The molecule has 26 heavy (non-hydrogen) atoms. The van der Waals surface area contributed by atoms with E-state index in [9.17, 15) is 22.8 Å². The maximum atomic E-state index is 13.1. The Morgan fingerprint density at radius 3 is 2.50 bits per heavy atom. The summed E-state index contributed by atoms with van der Waals surface area (Å²) in [5, 5.41) is 2.90. The molecule has 0 saturated heterocycles. The predicted octanol–water partition coefficient (Wildman–Crippen LogP) is 3.63. The molecule has 0 heterocycles. The standard InChI is InChI=1S/C19H23F3N2O2/c1-3-17(26)24(2)13-16(25)23-18(10-5-4-6-11-18)14-8-7-9-15(12-14)19(20,21)22/h3,7-9,12H,1,4-6,10-11,13H2,2H3,(H,23,25). The van der Waals surface area contributed by atoms with Crippen molar-refractivity contribution in [1.29, 1.82) is 0 Å². The van der Waals surface area contributed by atoms with Crippen LogP contribution in [0, 0.1) is 0 Å². The van der Waals surface area contributed by atoms with Crippen LogP contribution in [0.4, 0.5) is 13.2 Å². The second-order valence-corrected chi connectivity index (χ2v) is 6.67. The van der Waals surface area contributed by atoms with E-state index in [1.54, 1.807) is 6.07 Å². The van der Waals surface area contributed by atoms with Crippen LogP contribution in [0.25, 0.3) is 0 Å². The SMILES string of the molecule is C=CC(=O)N(C)CC(=O)NC1(c2cccc(C(F)(F)F)c2)CCCCC1. The molecule has 0 spiro atoms. The molecule has 1 aliphatic carbocycles. The highest BCUT2D eigenvalue weighted by molar-refractivity contribution is 5.90. The monoisotopic (exact) mass is 368 g/mol. The molecule has 2 rings (SSSR count). The van der Waals surface area contributed by atoms with E-state index in [0.717, 1.165) is 37.5 Å². The lowest BCUT2D eigenvalue weighted by atomic mass is 9.76. The molecule has 1 aliphatic rings. The summed E-state index contributed by atoms with van der Waals surface area (Å²) in [6.07, 6.45) is 0.419. The maximum Gasteiger partial charge on any atom is 0.416 e. The van der Waals surface area contributed by atoms with Gasteiger partial charge in [-0.25, -0.2) is 0 Å². The van der Waals surface area contributed by atoms with Crippen LogP contribution in [0.3, 0.4) is 0 Å². The Kier molecular flexibility index (Phi) is 6.10. The lowest BCUT2D eigenvalue weighted by Gasteiger charge is -2.39. The molecule has 0 aliphatic heterocycles. The average Bonchev–Trinajstić information content (AvgIpc) is 2.61. The number of carbonyl (C=O) groups excluding carboxylic acids is 2. The van der Waals surface area contributed by atoms with Crippen molar-refractivity contribution in [3.8, 4) is 0 Å². The van der Waals surface area contributed by atoms with Crippen LogP contribution in [0.15, 0.2) is 36.9 Å². The van der Waals surface area contributed by atoms with Crippen molar-refractivity contribution in [1.82, 2.24) is 10.2 Å².